The molecule has 0 atom stereocenters. The molecule has 3 heterocycles. The normalized spacial score (nSPS) is 10.9. The van der Waals surface area contributed by atoms with Crippen molar-refractivity contribution < 1.29 is 0 Å². The van der Waals surface area contributed by atoms with Crippen molar-refractivity contribution in [3.8, 4) is 11.3 Å². The first-order valence-electron chi connectivity index (χ1n) is 7.09. The molecule has 0 aromatic carbocycles. The third-order valence-corrected chi connectivity index (χ3v) is 4.42. The Hall–Kier alpha value is -2.28. The molecular formula is C15H18N6S. The summed E-state index contributed by atoms with van der Waals surface area (Å²) < 4.78 is 1.77. The number of hydrogen-bond acceptors (Lipinski definition) is 6. The quantitative estimate of drug-likeness (QED) is 0.784. The van der Waals surface area contributed by atoms with Crippen LogP contribution in [0.15, 0.2) is 24.1 Å². The molecule has 3 aromatic rings. The topological polar surface area (TPSA) is 68.5 Å². The summed E-state index contributed by atoms with van der Waals surface area (Å²) in [6.07, 6.45) is 6.55. The van der Waals surface area contributed by atoms with E-state index in [4.69, 9.17) is 0 Å². The maximum absolute atomic E-state index is 4.61. The van der Waals surface area contributed by atoms with E-state index in [9.17, 15) is 0 Å². The fraction of sp³-hybridized carbons (Fsp3) is 0.333. The van der Waals surface area contributed by atoms with Gasteiger partial charge < -0.3 is 5.32 Å². The lowest BCUT2D eigenvalue weighted by Crippen LogP contribution is -2.08. The maximum atomic E-state index is 4.61. The van der Waals surface area contributed by atoms with E-state index in [0.717, 1.165) is 35.5 Å². The highest BCUT2D eigenvalue weighted by atomic mass is 32.1. The molecule has 0 unspecified atom stereocenters. The summed E-state index contributed by atoms with van der Waals surface area (Å²) in [6.45, 7) is 4.83. The summed E-state index contributed by atoms with van der Waals surface area (Å²) in [6, 6.07) is 0. The smallest absolute Gasteiger partial charge is 0.223 e. The molecule has 114 valence electrons. The van der Waals surface area contributed by atoms with Crippen molar-refractivity contribution in [1.82, 2.24) is 24.7 Å². The SMILES string of the molecule is Cc1cnc(NCCc2scnc2C)nc1-c1cnn(C)c1. The molecule has 0 bridgehead atoms. The molecule has 0 radical (unpaired) electrons. The average Bonchev–Trinajstić information content (AvgIpc) is 3.10. The summed E-state index contributed by atoms with van der Waals surface area (Å²) in [7, 11) is 1.90. The van der Waals surface area contributed by atoms with Gasteiger partial charge in [-0.15, -0.1) is 11.3 Å². The Morgan fingerprint density at radius 1 is 1.23 bits per heavy atom. The van der Waals surface area contributed by atoms with Crippen LogP contribution in [-0.2, 0) is 13.5 Å². The molecule has 0 saturated carbocycles. The van der Waals surface area contributed by atoms with Crippen LogP contribution in [0.5, 0.6) is 0 Å². The van der Waals surface area contributed by atoms with Gasteiger partial charge in [0.2, 0.25) is 5.95 Å². The lowest BCUT2D eigenvalue weighted by Gasteiger charge is -2.07. The average molecular weight is 314 g/mol. The predicted octanol–water partition coefficient (Wildman–Crippen LogP) is 2.61. The summed E-state index contributed by atoms with van der Waals surface area (Å²) in [5.41, 5.74) is 5.95. The highest BCUT2D eigenvalue weighted by Gasteiger charge is 2.08. The van der Waals surface area contributed by atoms with Crippen LogP contribution in [0.3, 0.4) is 0 Å². The fourth-order valence-electron chi connectivity index (χ4n) is 2.22. The highest BCUT2D eigenvalue weighted by Crippen LogP contribution is 2.21. The molecular weight excluding hydrogens is 296 g/mol. The molecule has 6 nitrogen and oxygen atoms in total. The Morgan fingerprint density at radius 2 is 2.09 bits per heavy atom. The lowest BCUT2D eigenvalue weighted by atomic mass is 10.1. The number of nitrogens with one attached hydrogen (secondary N) is 1. The van der Waals surface area contributed by atoms with Gasteiger partial charge in [-0.1, -0.05) is 0 Å². The Kier molecular flexibility index (Phi) is 4.15. The molecule has 0 aliphatic carbocycles. The lowest BCUT2D eigenvalue weighted by molar-refractivity contribution is 0.768. The number of hydrogen-bond donors (Lipinski definition) is 1. The molecule has 1 N–H and O–H groups in total. The molecule has 3 rings (SSSR count). The summed E-state index contributed by atoms with van der Waals surface area (Å²) in [5, 5.41) is 7.48. The zero-order valence-electron chi connectivity index (χ0n) is 12.9. The van der Waals surface area contributed by atoms with Gasteiger partial charge >= 0.3 is 0 Å². The second-order valence-electron chi connectivity index (χ2n) is 5.17. The molecule has 0 saturated heterocycles. The van der Waals surface area contributed by atoms with E-state index in [0.29, 0.717) is 5.95 Å². The van der Waals surface area contributed by atoms with Crippen molar-refractivity contribution in [2.75, 3.05) is 11.9 Å². The molecule has 0 spiro atoms. The van der Waals surface area contributed by atoms with E-state index in [1.54, 1.807) is 16.0 Å². The number of rotatable bonds is 5. The van der Waals surface area contributed by atoms with Crippen LogP contribution in [0.2, 0.25) is 0 Å². The maximum Gasteiger partial charge on any atom is 0.223 e. The van der Waals surface area contributed by atoms with Crippen molar-refractivity contribution in [1.29, 1.82) is 0 Å². The van der Waals surface area contributed by atoms with Gasteiger partial charge in [0.15, 0.2) is 0 Å². The zero-order chi connectivity index (χ0) is 15.5. The van der Waals surface area contributed by atoms with Crippen LogP contribution in [0.4, 0.5) is 5.95 Å². The number of aromatic nitrogens is 5. The molecule has 3 aromatic heterocycles. The van der Waals surface area contributed by atoms with Crippen molar-refractivity contribution in [3.63, 3.8) is 0 Å². The van der Waals surface area contributed by atoms with E-state index in [2.05, 4.69) is 25.4 Å². The fourth-order valence-corrected chi connectivity index (χ4v) is 3.00. The Morgan fingerprint density at radius 3 is 2.77 bits per heavy atom. The van der Waals surface area contributed by atoms with Gasteiger partial charge in [-0.3, -0.25) is 4.68 Å². The highest BCUT2D eigenvalue weighted by molar-refractivity contribution is 7.09. The van der Waals surface area contributed by atoms with Crippen molar-refractivity contribution in [2.24, 2.45) is 7.05 Å². The monoisotopic (exact) mass is 314 g/mol. The summed E-state index contributed by atoms with van der Waals surface area (Å²) in [5.74, 6) is 0.645. The standard InChI is InChI=1S/C15H18N6S/c1-10-6-17-15(16-5-4-13-11(2)18-9-22-13)20-14(10)12-7-19-21(3)8-12/h6-9H,4-5H2,1-3H3,(H,16,17,20). The van der Waals surface area contributed by atoms with E-state index < -0.39 is 0 Å². The van der Waals surface area contributed by atoms with Gasteiger partial charge in [-0.05, 0) is 19.4 Å². The molecule has 7 heteroatoms. The van der Waals surface area contributed by atoms with Crippen LogP contribution in [0.1, 0.15) is 16.1 Å². The minimum Gasteiger partial charge on any atom is -0.354 e. The van der Waals surface area contributed by atoms with Crippen LogP contribution >= 0.6 is 11.3 Å². The van der Waals surface area contributed by atoms with Gasteiger partial charge in [-0.2, -0.15) is 5.10 Å². The van der Waals surface area contributed by atoms with E-state index in [1.165, 1.54) is 4.88 Å². The minimum absolute atomic E-state index is 0.645. The largest absolute Gasteiger partial charge is 0.354 e. The molecule has 0 amide bonds. The van der Waals surface area contributed by atoms with Gasteiger partial charge in [-0.25, -0.2) is 15.0 Å². The van der Waals surface area contributed by atoms with Gasteiger partial charge in [0.05, 0.1) is 23.1 Å². The molecule has 0 fully saturated rings. The first kappa shape index (κ1) is 14.6. The number of aryl methyl sites for hydroxylation is 3. The predicted molar refractivity (Wildman–Crippen MR) is 88.0 cm³/mol. The van der Waals surface area contributed by atoms with Crippen LogP contribution in [0.25, 0.3) is 11.3 Å². The third-order valence-electron chi connectivity index (χ3n) is 3.43. The second kappa shape index (κ2) is 6.23. The van der Waals surface area contributed by atoms with Gasteiger partial charge in [0.1, 0.15) is 0 Å². The van der Waals surface area contributed by atoms with E-state index in [1.807, 2.05) is 45.0 Å². The summed E-state index contributed by atoms with van der Waals surface area (Å²) in [4.78, 5) is 14.5. The van der Waals surface area contributed by atoms with E-state index >= 15 is 0 Å². The first-order chi connectivity index (χ1) is 10.6. The number of thiazole rings is 1. The third kappa shape index (κ3) is 3.14. The second-order valence-corrected chi connectivity index (χ2v) is 6.10. The zero-order valence-corrected chi connectivity index (χ0v) is 13.7. The Bertz CT molecular complexity index is 776. The molecule has 0 aliphatic rings. The van der Waals surface area contributed by atoms with Crippen molar-refractivity contribution >= 4 is 17.3 Å². The minimum atomic E-state index is 0.645. The number of nitrogens with zero attached hydrogens (tertiary/aromatic N) is 5. The van der Waals surface area contributed by atoms with Gasteiger partial charge in [0.25, 0.3) is 0 Å². The van der Waals surface area contributed by atoms with Gasteiger partial charge in [0, 0.05) is 42.8 Å². The van der Waals surface area contributed by atoms with Crippen molar-refractivity contribution in [3.05, 3.63) is 40.2 Å². The molecule has 0 aliphatic heterocycles. The van der Waals surface area contributed by atoms with E-state index in [-0.39, 0.29) is 0 Å². The van der Waals surface area contributed by atoms with Crippen molar-refractivity contribution in [2.45, 2.75) is 20.3 Å². The van der Waals surface area contributed by atoms with Crippen LogP contribution in [0, 0.1) is 13.8 Å². The van der Waals surface area contributed by atoms with Crippen LogP contribution in [-0.4, -0.2) is 31.3 Å². The van der Waals surface area contributed by atoms with Crippen LogP contribution < -0.4 is 5.32 Å². The Balaban J connectivity index is 1.71. The number of anilines is 1. The summed E-state index contributed by atoms with van der Waals surface area (Å²) >= 11 is 1.69. The Labute approximate surface area is 133 Å². The first-order valence-corrected chi connectivity index (χ1v) is 7.97. The molecule has 22 heavy (non-hydrogen) atoms.